The minimum atomic E-state index is -1.23. The highest BCUT2D eigenvalue weighted by Crippen LogP contribution is 2.16. The Morgan fingerprint density at radius 1 is 1.53 bits per heavy atom. The topological polar surface area (TPSA) is 97.7 Å². The monoisotopic (exact) mass is 207 g/mol. The molecule has 0 bridgehead atoms. The summed E-state index contributed by atoms with van der Waals surface area (Å²) in [4.78, 5) is 24.5. The molecule has 1 N–H and O–H groups in total. The maximum absolute atomic E-state index is 10.8. The van der Waals surface area contributed by atoms with Gasteiger partial charge in [-0.05, 0) is 11.0 Å². The summed E-state index contributed by atoms with van der Waals surface area (Å²) in [6.45, 7) is 0. The van der Waals surface area contributed by atoms with Crippen molar-refractivity contribution in [1.82, 2.24) is 9.38 Å². The van der Waals surface area contributed by atoms with Crippen molar-refractivity contribution >= 4 is 17.4 Å². The van der Waals surface area contributed by atoms with E-state index >= 15 is 0 Å². The molecule has 15 heavy (non-hydrogen) atoms. The summed E-state index contributed by atoms with van der Waals surface area (Å²) in [6.07, 6.45) is 1.03. The highest BCUT2D eigenvalue weighted by molar-refractivity contribution is 5.87. The average molecular weight is 207 g/mol. The van der Waals surface area contributed by atoms with Crippen LogP contribution in [-0.4, -0.2) is 25.4 Å². The molecule has 0 saturated carbocycles. The van der Waals surface area contributed by atoms with Gasteiger partial charge in [0, 0.05) is 6.07 Å². The number of carbonyl (C=O) groups is 1. The zero-order chi connectivity index (χ0) is 11.0. The molecule has 0 amide bonds. The molecule has 0 fully saturated rings. The normalized spacial score (nSPS) is 10.4. The van der Waals surface area contributed by atoms with Crippen LogP contribution in [0.2, 0.25) is 0 Å². The lowest BCUT2D eigenvalue weighted by molar-refractivity contribution is -0.390. The first-order valence-electron chi connectivity index (χ1n) is 3.95. The molecule has 0 saturated heterocycles. The van der Waals surface area contributed by atoms with Gasteiger partial charge in [-0.3, -0.25) is 0 Å². The van der Waals surface area contributed by atoms with Crippen LogP contribution >= 0.6 is 0 Å². The van der Waals surface area contributed by atoms with Gasteiger partial charge < -0.3 is 15.2 Å². The zero-order valence-electron chi connectivity index (χ0n) is 7.32. The molecule has 0 unspecified atom stereocenters. The van der Waals surface area contributed by atoms with Crippen LogP contribution < -0.4 is 0 Å². The summed E-state index contributed by atoms with van der Waals surface area (Å²) in [5, 5.41) is 19.4. The number of aromatic nitrogens is 2. The first-order valence-corrected chi connectivity index (χ1v) is 3.95. The highest BCUT2D eigenvalue weighted by atomic mass is 16.6. The fourth-order valence-electron chi connectivity index (χ4n) is 1.32. The first-order chi connectivity index (χ1) is 7.11. The molecule has 0 aliphatic heterocycles. The lowest BCUT2D eigenvalue weighted by Crippen LogP contribution is -2.06. The lowest BCUT2D eigenvalue weighted by atomic mass is 10.3. The van der Waals surface area contributed by atoms with Crippen molar-refractivity contribution in [3.63, 3.8) is 0 Å². The van der Waals surface area contributed by atoms with Crippen molar-refractivity contribution in [2.45, 2.75) is 0 Å². The Balaban J connectivity index is 2.86. The molecule has 2 heterocycles. The van der Waals surface area contributed by atoms with E-state index in [0.717, 1.165) is 10.6 Å². The van der Waals surface area contributed by atoms with Crippen molar-refractivity contribution in [3.05, 3.63) is 40.2 Å². The smallest absolute Gasteiger partial charge is 0.376 e. The third kappa shape index (κ3) is 1.30. The number of pyridine rings is 1. The second kappa shape index (κ2) is 3.05. The summed E-state index contributed by atoms with van der Waals surface area (Å²) in [5.41, 5.74) is 0.0540. The van der Waals surface area contributed by atoms with Crippen molar-refractivity contribution in [2.75, 3.05) is 0 Å². The number of fused-ring (bicyclic) bond motifs is 1. The van der Waals surface area contributed by atoms with E-state index in [2.05, 4.69) is 4.98 Å². The predicted octanol–water partition coefficient (Wildman–Crippen LogP) is 0.941. The number of hydrogen-bond acceptors (Lipinski definition) is 4. The lowest BCUT2D eigenvalue weighted by Gasteiger charge is -1.96. The molecular weight excluding hydrogens is 202 g/mol. The molecule has 76 valence electrons. The molecule has 2 aromatic rings. The Kier molecular flexibility index (Phi) is 1.86. The fraction of sp³-hybridized carbons (Fsp3) is 0. The first kappa shape index (κ1) is 9.13. The van der Waals surface area contributed by atoms with E-state index in [1.165, 1.54) is 18.2 Å². The standard InChI is InChI=1S/C8H5N3O4/c12-8(13)5-2-1-3-6-9-4-7(10(5)6)11(14)15/h1-4H,(H,12,13). The van der Waals surface area contributed by atoms with Crippen LogP contribution in [0.1, 0.15) is 10.5 Å². The van der Waals surface area contributed by atoms with Gasteiger partial charge in [0.05, 0.1) is 0 Å². The number of aromatic carboxylic acids is 1. The molecular formula is C8H5N3O4. The summed E-state index contributed by atoms with van der Waals surface area (Å²) in [7, 11) is 0. The second-order valence-electron chi connectivity index (χ2n) is 2.78. The summed E-state index contributed by atoms with van der Waals surface area (Å²) < 4.78 is 0.988. The number of imidazole rings is 1. The van der Waals surface area contributed by atoms with Gasteiger partial charge in [0.15, 0.2) is 0 Å². The van der Waals surface area contributed by atoms with Crippen LogP contribution in [0.25, 0.3) is 5.65 Å². The summed E-state index contributed by atoms with van der Waals surface area (Å²) in [6, 6.07) is 4.26. The largest absolute Gasteiger partial charge is 0.475 e. The average Bonchev–Trinajstić information content (AvgIpc) is 2.60. The Labute approximate surface area is 82.7 Å². The van der Waals surface area contributed by atoms with Crippen LogP contribution in [0.3, 0.4) is 0 Å². The number of hydrogen-bond donors (Lipinski definition) is 1. The van der Waals surface area contributed by atoms with Gasteiger partial charge in [0.1, 0.15) is 6.20 Å². The van der Waals surface area contributed by atoms with E-state index in [1.807, 2.05) is 0 Å². The Bertz CT molecular complexity index is 560. The maximum atomic E-state index is 10.8. The molecule has 2 rings (SSSR count). The van der Waals surface area contributed by atoms with Crippen LogP contribution in [0, 0.1) is 10.1 Å². The SMILES string of the molecule is O=C(O)c1cccc2ncc([N+](=O)[O-])n12. The van der Waals surface area contributed by atoms with Crippen molar-refractivity contribution in [3.8, 4) is 0 Å². The fourth-order valence-corrected chi connectivity index (χ4v) is 1.32. The van der Waals surface area contributed by atoms with Gasteiger partial charge >= 0.3 is 11.8 Å². The van der Waals surface area contributed by atoms with Crippen LogP contribution in [0.15, 0.2) is 24.4 Å². The minimum absolute atomic E-state index is 0.184. The van der Waals surface area contributed by atoms with Gasteiger partial charge in [0.25, 0.3) is 0 Å². The zero-order valence-corrected chi connectivity index (χ0v) is 7.32. The molecule has 0 aromatic carbocycles. The summed E-state index contributed by atoms with van der Waals surface area (Å²) in [5.74, 6) is -1.59. The summed E-state index contributed by atoms with van der Waals surface area (Å²) >= 11 is 0. The number of carboxylic acids is 1. The molecule has 0 radical (unpaired) electrons. The molecule has 2 aromatic heterocycles. The quantitative estimate of drug-likeness (QED) is 0.583. The third-order valence-electron chi connectivity index (χ3n) is 1.92. The molecule has 7 heteroatoms. The Morgan fingerprint density at radius 3 is 2.87 bits per heavy atom. The number of nitro groups is 1. The van der Waals surface area contributed by atoms with Gasteiger partial charge in [-0.2, -0.15) is 4.40 Å². The number of carboxylic acid groups (broad SMARTS) is 1. The third-order valence-corrected chi connectivity index (χ3v) is 1.92. The highest BCUT2D eigenvalue weighted by Gasteiger charge is 2.21. The van der Waals surface area contributed by atoms with E-state index in [1.54, 1.807) is 0 Å². The van der Waals surface area contributed by atoms with Gasteiger partial charge in [-0.25, -0.2) is 9.78 Å². The van der Waals surface area contributed by atoms with E-state index in [0.29, 0.717) is 0 Å². The van der Waals surface area contributed by atoms with Gasteiger partial charge in [-0.15, -0.1) is 0 Å². The van der Waals surface area contributed by atoms with Crippen molar-refractivity contribution in [1.29, 1.82) is 0 Å². The number of nitrogens with zero attached hydrogens (tertiary/aromatic N) is 3. The molecule has 0 spiro atoms. The predicted molar refractivity (Wildman–Crippen MR) is 48.8 cm³/mol. The molecule has 0 atom stereocenters. The van der Waals surface area contributed by atoms with Crippen molar-refractivity contribution < 1.29 is 14.8 Å². The Hall–Kier alpha value is -2.44. The molecule has 7 nitrogen and oxygen atoms in total. The van der Waals surface area contributed by atoms with E-state index < -0.39 is 10.9 Å². The second-order valence-corrected chi connectivity index (χ2v) is 2.78. The van der Waals surface area contributed by atoms with E-state index in [4.69, 9.17) is 5.11 Å². The van der Waals surface area contributed by atoms with Gasteiger partial charge in [0.2, 0.25) is 11.3 Å². The maximum Gasteiger partial charge on any atom is 0.376 e. The van der Waals surface area contributed by atoms with Crippen LogP contribution in [0.4, 0.5) is 5.82 Å². The van der Waals surface area contributed by atoms with Crippen LogP contribution in [0.5, 0.6) is 0 Å². The van der Waals surface area contributed by atoms with E-state index in [-0.39, 0.29) is 17.2 Å². The van der Waals surface area contributed by atoms with E-state index in [9.17, 15) is 14.9 Å². The minimum Gasteiger partial charge on any atom is -0.475 e. The molecule has 0 aliphatic carbocycles. The molecule has 0 aliphatic rings. The number of rotatable bonds is 2. The Morgan fingerprint density at radius 2 is 2.27 bits per heavy atom. The van der Waals surface area contributed by atoms with Crippen molar-refractivity contribution in [2.24, 2.45) is 0 Å². The van der Waals surface area contributed by atoms with Crippen LogP contribution in [-0.2, 0) is 0 Å². The van der Waals surface area contributed by atoms with Gasteiger partial charge in [-0.1, -0.05) is 6.07 Å².